The normalized spacial score (nSPS) is 10.1. The molecule has 0 fully saturated rings. The van der Waals surface area contributed by atoms with E-state index in [1.54, 1.807) is 30.3 Å². The second-order valence-electron chi connectivity index (χ2n) is 4.93. The van der Waals surface area contributed by atoms with Crippen molar-refractivity contribution < 1.29 is 14.3 Å². The third-order valence-electron chi connectivity index (χ3n) is 3.19. The predicted octanol–water partition coefficient (Wildman–Crippen LogP) is 3.86. The molecule has 22 heavy (non-hydrogen) atoms. The van der Waals surface area contributed by atoms with Gasteiger partial charge in [-0.05, 0) is 55.3 Å². The van der Waals surface area contributed by atoms with Crippen LogP contribution in [0.1, 0.15) is 21.5 Å². The van der Waals surface area contributed by atoms with E-state index in [1.165, 1.54) is 0 Å². The summed E-state index contributed by atoms with van der Waals surface area (Å²) in [5.74, 6) is -0.886. The first-order valence-corrected chi connectivity index (χ1v) is 7.55. The molecule has 0 spiro atoms. The van der Waals surface area contributed by atoms with Crippen molar-refractivity contribution in [2.75, 3.05) is 11.9 Å². The molecule has 114 valence electrons. The van der Waals surface area contributed by atoms with Crippen LogP contribution in [-0.4, -0.2) is 18.5 Å². The first-order chi connectivity index (χ1) is 10.5. The molecule has 1 N–H and O–H groups in total. The average molecular weight is 362 g/mol. The molecule has 4 nitrogen and oxygen atoms in total. The first-order valence-electron chi connectivity index (χ1n) is 6.75. The molecule has 0 aromatic heterocycles. The predicted molar refractivity (Wildman–Crippen MR) is 89.0 cm³/mol. The molecule has 0 atom stereocenters. The van der Waals surface area contributed by atoms with Gasteiger partial charge in [-0.2, -0.15) is 0 Å². The quantitative estimate of drug-likeness (QED) is 0.841. The lowest BCUT2D eigenvalue weighted by atomic mass is 10.1. The Hall–Kier alpha value is -2.14. The molecule has 0 saturated heterocycles. The highest BCUT2D eigenvalue weighted by molar-refractivity contribution is 9.10. The van der Waals surface area contributed by atoms with Crippen molar-refractivity contribution in [3.63, 3.8) is 0 Å². The van der Waals surface area contributed by atoms with E-state index in [0.29, 0.717) is 11.3 Å². The van der Waals surface area contributed by atoms with Crippen LogP contribution in [0.2, 0.25) is 0 Å². The number of hydrogen-bond donors (Lipinski definition) is 1. The van der Waals surface area contributed by atoms with Crippen LogP contribution in [0.15, 0.2) is 46.9 Å². The molecular formula is C17H16BrNO3. The first kappa shape index (κ1) is 16.2. The fourth-order valence-electron chi connectivity index (χ4n) is 1.85. The standard InChI is InChI=1S/C17H16BrNO3/c1-11-6-7-13(8-12(11)2)17(21)22-10-16(20)19-15-5-3-4-14(18)9-15/h3-9H,10H2,1-2H3,(H,19,20). The Morgan fingerprint density at radius 2 is 1.86 bits per heavy atom. The molecule has 0 unspecified atom stereocenters. The molecule has 5 heteroatoms. The second kappa shape index (κ2) is 7.22. The van der Waals surface area contributed by atoms with Crippen LogP contribution in [0.25, 0.3) is 0 Å². The minimum absolute atomic E-state index is 0.321. The molecule has 1 amide bonds. The summed E-state index contributed by atoms with van der Waals surface area (Å²) in [6.45, 7) is 3.57. The van der Waals surface area contributed by atoms with Crippen LogP contribution in [0.3, 0.4) is 0 Å². The van der Waals surface area contributed by atoms with Gasteiger partial charge in [0.15, 0.2) is 6.61 Å². The number of nitrogens with one attached hydrogen (secondary N) is 1. The fourth-order valence-corrected chi connectivity index (χ4v) is 2.25. The maximum Gasteiger partial charge on any atom is 0.338 e. The molecule has 0 aliphatic heterocycles. The number of carbonyl (C=O) groups excluding carboxylic acids is 2. The fraction of sp³-hybridized carbons (Fsp3) is 0.176. The molecule has 2 aromatic rings. The van der Waals surface area contributed by atoms with Crippen LogP contribution in [-0.2, 0) is 9.53 Å². The monoisotopic (exact) mass is 361 g/mol. The van der Waals surface area contributed by atoms with E-state index in [1.807, 2.05) is 26.0 Å². The summed E-state index contributed by atoms with van der Waals surface area (Å²) in [5.41, 5.74) is 3.19. The maximum atomic E-state index is 11.9. The van der Waals surface area contributed by atoms with Gasteiger partial charge in [0, 0.05) is 10.2 Å². The Morgan fingerprint density at radius 1 is 1.09 bits per heavy atom. The van der Waals surface area contributed by atoms with Crippen molar-refractivity contribution in [1.29, 1.82) is 0 Å². The summed E-state index contributed by atoms with van der Waals surface area (Å²) >= 11 is 3.32. The molecule has 0 radical (unpaired) electrons. The van der Waals surface area contributed by atoms with Crippen LogP contribution in [0.4, 0.5) is 5.69 Å². The number of carbonyl (C=O) groups is 2. The Balaban J connectivity index is 1.90. The van der Waals surface area contributed by atoms with Crippen LogP contribution in [0, 0.1) is 13.8 Å². The zero-order chi connectivity index (χ0) is 16.1. The van der Waals surface area contributed by atoms with E-state index in [0.717, 1.165) is 15.6 Å². The zero-order valence-electron chi connectivity index (χ0n) is 12.4. The molecule has 2 aromatic carbocycles. The van der Waals surface area contributed by atoms with E-state index in [-0.39, 0.29) is 12.5 Å². The largest absolute Gasteiger partial charge is 0.452 e. The summed E-state index contributed by atoms with van der Waals surface area (Å²) in [4.78, 5) is 23.7. The van der Waals surface area contributed by atoms with E-state index in [4.69, 9.17) is 4.74 Å². The van der Waals surface area contributed by atoms with Gasteiger partial charge in [-0.15, -0.1) is 0 Å². The summed E-state index contributed by atoms with van der Waals surface area (Å²) in [6, 6.07) is 12.5. The van der Waals surface area contributed by atoms with Gasteiger partial charge in [-0.1, -0.05) is 28.1 Å². The summed E-state index contributed by atoms with van der Waals surface area (Å²) in [5, 5.41) is 2.66. The lowest BCUT2D eigenvalue weighted by Crippen LogP contribution is -2.21. The number of rotatable bonds is 4. The SMILES string of the molecule is Cc1ccc(C(=O)OCC(=O)Nc2cccc(Br)c2)cc1C. The van der Waals surface area contributed by atoms with Crippen LogP contribution >= 0.6 is 15.9 Å². The van der Waals surface area contributed by atoms with Gasteiger partial charge in [0.2, 0.25) is 0 Å². The summed E-state index contributed by atoms with van der Waals surface area (Å²) < 4.78 is 5.88. The number of esters is 1. The summed E-state index contributed by atoms with van der Waals surface area (Å²) in [7, 11) is 0. The van der Waals surface area contributed by atoms with Gasteiger partial charge in [0.25, 0.3) is 5.91 Å². The Kier molecular flexibility index (Phi) is 5.33. The van der Waals surface area contributed by atoms with E-state index >= 15 is 0 Å². The molecule has 0 aliphatic rings. The van der Waals surface area contributed by atoms with E-state index in [9.17, 15) is 9.59 Å². The number of ether oxygens (including phenoxy) is 1. The highest BCUT2D eigenvalue weighted by Crippen LogP contribution is 2.15. The summed E-state index contributed by atoms with van der Waals surface area (Å²) in [6.07, 6.45) is 0. The van der Waals surface area contributed by atoms with Crippen molar-refractivity contribution in [3.8, 4) is 0 Å². The third-order valence-corrected chi connectivity index (χ3v) is 3.68. The molecule has 2 rings (SSSR count). The van der Waals surface area contributed by atoms with Gasteiger partial charge in [0.05, 0.1) is 5.56 Å². The van der Waals surface area contributed by atoms with Gasteiger partial charge in [-0.25, -0.2) is 4.79 Å². The molecular weight excluding hydrogens is 346 g/mol. The smallest absolute Gasteiger partial charge is 0.338 e. The number of amides is 1. The Labute approximate surface area is 137 Å². The number of aryl methyl sites for hydroxylation is 2. The minimum Gasteiger partial charge on any atom is -0.452 e. The van der Waals surface area contributed by atoms with Gasteiger partial charge in [0.1, 0.15) is 0 Å². The topological polar surface area (TPSA) is 55.4 Å². The van der Waals surface area contributed by atoms with Gasteiger partial charge in [-0.3, -0.25) is 4.79 Å². The third kappa shape index (κ3) is 4.43. The highest BCUT2D eigenvalue weighted by atomic mass is 79.9. The van der Waals surface area contributed by atoms with Crippen molar-refractivity contribution in [2.24, 2.45) is 0 Å². The maximum absolute atomic E-state index is 11.9. The van der Waals surface area contributed by atoms with Gasteiger partial charge < -0.3 is 10.1 Å². The van der Waals surface area contributed by atoms with E-state index in [2.05, 4.69) is 21.2 Å². The highest BCUT2D eigenvalue weighted by Gasteiger charge is 2.11. The van der Waals surface area contributed by atoms with Crippen LogP contribution in [0.5, 0.6) is 0 Å². The molecule has 0 aliphatic carbocycles. The number of halogens is 1. The molecule has 0 heterocycles. The Bertz CT molecular complexity index is 713. The number of benzene rings is 2. The van der Waals surface area contributed by atoms with Crippen molar-refractivity contribution in [1.82, 2.24) is 0 Å². The van der Waals surface area contributed by atoms with Crippen molar-refractivity contribution in [2.45, 2.75) is 13.8 Å². The number of hydrogen-bond acceptors (Lipinski definition) is 3. The number of anilines is 1. The van der Waals surface area contributed by atoms with Crippen molar-refractivity contribution in [3.05, 3.63) is 63.6 Å². The van der Waals surface area contributed by atoms with Crippen molar-refractivity contribution >= 4 is 33.5 Å². The minimum atomic E-state index is -0.507. The Morgan fingerprint density at radius 3 is 2.55 bits per heavy atom. The molecule has 0 saturated carbocycles. The second-order valence-corrected chi connectivity index (χ2v) is 5.85. The van der Waals surface area contributed by atoms with Crippen LogP contribution < -0.4 is 5.32 Å². The lowest BCUT2D eigenvalue weighted by molar-refractivity contribution is -0.119. The average Bonchev–Trinajstić information content (AvgIpc) is 2.47. The zero-order valence-corrected chi connectivity index (χ0v) is 13.9. The lowest BCUT2D eigenvalue weighted by Gasteiger charge is -2.08. The van der Waals surface area contributed by atoms with Gasteiger partial charge >= 0.3 is 5.97 Å². The molecule has 0 bridgehead atoms. The van der Waals surface area contributed by atoms with E-state index < -0.39 is 5.97 Å².